The van der Waals surface area contributed by atoms with E-state index in [0.29, 0.717) is 5.69 Å². The molecular formula is C13H19FN2O. The second-order valence-electron chi connectivity index (χ2n) is 4.41. The standard InChI is InChI=1S/C13H19FN2O/c1-2-17-13-4-3-5-16(9-13)12-7-10(14)6-11(15)8-12/h6-8,13H,2-5,9,15H2,1H3. The fourth-order valence-electron chi connectivity index (χ4n) is 2.32. The Morgan fingerprint density at radius 2 is 2.29 bits per heavy atom. The first-order chi connectivity index (χ1) is 8.19. The molecule has 1 aliphatic heterocycles. The van der Waals surface area contributed by atoms with Crippen molar-refractivity contribution in [1.82, 2.24) is 0 Å². The molecule has 1 fully saturated rings. The summed E-state index contributed by atoms with van der Waals surface area (Å²) < 4.78 is 18.9. The number of ether oxygens (including phenoxy) is 1. The van der Waals surface area contributed by atoms with Gasteiger partial charge in [0.2, 0.25) is 0 Å². The third kappa shape index (κ3) is 3.09. The number of hydrogen-bond donors (Lipinski definition) is 1. The number of benzene rings is 1. The predicted molar refractivity (Wildman–Crippen MR) is 67.7 cm³/mol. The van der Waals surface area contributed by atoms with Crippen molar-refractivity contribution >= 4 is 11.4 Å². The van der Waals surface area contributed by atoms with Crippen molar-refractivity contribution in [2.75, 3.05) is 30.3 Å². The molecule has 1 unspecified atom stereocenters. The summed E-state index contributed by atoms with van der Waals surface area (Å²) >= 11 is 0. The molecule has 1 aliphatic rings. The highest BCUT2D eigenvalue weighted by atomic mass is 19.1. The van der Waals surface area contributed by atoms with Gasteiger partial charge in [-0.15, -0.1) is 0 Å². The maximum absolute atomic E-state index is 13.3. The summed E-state index contributed by atoms with van der Waals surface area (Å²) in [5.74, 6) is -0.279. The molecule has 0 radical (unpaired) electrons. The van der Waals surface area contributed by atoms with Crippen LogP contribution in [0.15, 0.2) is 18.2 Å². The monoisotopic (exact) mass is 238 g/mol. The van der Waals surface area contributed by atoms with Crippen LogP contribution in [0.5, 0.6) is 0 Å². The Kier molecular flexibility index (Phi) is 3.84. The van der Waals surface area contributed by atoms with Crippen LogP contribution in [0.2, 0.25) is 0 Å². The van der Waals surface area contributed by atoms with Gasteiger partial charge in [0.1, 0.15) is 5.82 Å². The van der Waals surface area contributed by atoms with Crippen molar-refractivity contribution in [1.29, 1.82) is 0 Å². The van der Waals surface area contributed by atoms with Crippen LogP contribution >= 0.6 is 0 Å². The maximum atomic E-state index is 13.3. The Morgan fingerprint density at radius 3 is 3.00 bits per heavy atom. The van der Waals surface area contributed by atoms with Crippen molar-refractivity contribution in [3.63, 3.8) is 0 Å². The van der Waals surface area contributed by atoms with Gasteiger partial charge in [-0.05, 0) is 38.0 Å². The first-order valence-corrected chi connectivity index (χ1v) is 6.11. The van der Waals surface area contributed by atoms with Gasteiger partial charge in [-0.25, -0.2) is 4.39 Å². The minimum atomic E-state index is -0.279. The van der Waals surface area contributed by atoms with Crippen LogP contribution in [0.4, 0.5) is 15.8 Å². The van der Waals surface area contributed by atoms with E-state index in [1.54, 1.807) is 0 Å². The molecule has 0 amide bonds. The molecular weight excluding hydrogens is 219 g/mol. The van der Waals surface area contributed by atoms with Crippen LogP contribution in [-0.2, 0) is 4.74 Å². The fraction of sp³-hybridized carbons (Fsp3) is 0.538. The van der Waals surface area contributed by atoms with Crippen LogP contribution in [0, 0.1) is 5.82 Å². The molecule has 0 aromatic heterocycles. The Bertz CT molecular complexity index is 361. The summed E-state index contributed by atoms with van der Waals surface area (Å²) in [7, 11) is 0. The molecule has 2 rings (SSSR count). The van der Waals surface area contributed by atoms with Crippen LogP contribution in [0.1, 0.15) is 19.8 Å². The third-order valence-corrected chi connectivity index (χ3v) is 3.05. The molecule has 3 nitrogen and oxygen atoms in total. The maximum Gasteiger partial charge on any atom is 0.127 e. The number of halogens is 1. The van der Waals surface area contributed by atoms with E-state index in [4.69, 9.17) is 10.5 Å². The zero-order valence-electron chi connectivity index (χ0n) is 10.2. The number of anilines is 2. The van der Waals surface area contributed by atoms with Gasteiger partial charge in [0.25, 0.3) is 0 Å². The predicted octanol–water partition coefficient (Wildman–Crippen LogP) is 2.41. The van der Waals surface area contributed by atoms with E-state index >= 15 is 0 Å². The normalized spacial score (nSPS) is 20.6. The van der Waals surface area contributed by atoms with Crippen LogP contribution in [0.3, 0.4) is 0 Å². The van der Waals surface area contributed by atoms with Crippen molar-refractivity contribution in [3.05, 3.63) is 24.0 Å². The van der Waals surface area contributed by atoms with Gasteiger partial charge in [-0.3, -0.25) is 0 Å². The van der Waals surface area contributed by atoms with Crippen LogP contribution < -0.4 is 10.6 Å². The number of hydrogen-bond acceptors (Lipinski definition) is 3. The first kappa shape index (κ1) is 12.2. The van der Waals surface area contributed by atoms with Gasteiger partial charge in [-0.2, -0.15) is 0 Å². The average Bonchev–Trinajstić information content (AvgIpc) is 2.28. The number of nitrogens with two attached hydrogens (primary N) is 1. The smallest absolute Gasteiger partial charge is 0.127 e. The Morgan fingerprint density at radius 1 is 1.47 bits per heavy atom. The van der Waals surface area contributed by atoms with E-state index in [1.165, 1.54) is 12.1 Å². The summed E-state index contributed by atoms with van der Waals surface area (Å²) in [6.45, 7) is 4.48. The number of nitrogen functional groups attached to an aromatic ring is 1. The highest BCUT2D eigenvalue weighted by Gasteiger charge is 2.20. The molecule has 0 spiro atoms. The second-order valence-corrected chi connectivity index (χ2v) is 4.41. The lowest BCUT2D eigenvalue weighted by Gasteiger charge is -2.34. The minimum Gasteiger partial charge on any atom is -0.399 e. The van der Waals surface area contributed by atoms with Gasteiger partial charge >= 0.3 is 0 Å². The van der Waals surface area contributed by atoms with E-state index in [-0.39, 0.29) is 11.9 Å². The van der Waals surface area contributed by atoms with Gasteiger partial charge < -0.3 is 15.4 Å². The Labute approximate surface area is 101 Å². The highest BCUT2D eigenvalue weighted by molar-refractivity contribution is 5.56. The lowest BCUT2D eigenvalue weighted by atomic mass is 10.1. The van der Waals surface area contributed by atoms with Gasteiger partial charge in [0.15, 0.2) is 0 Å². The molecule has 0 saturated carbocycles. The van der Waals surface area contributed by atoms with Gasteiger partial charge in [0, 0.05) is 31.1 Å². The van der Waals surface area contributed by atoms with E-state index in [0.717, 1.165) is 38.2 Å². The highest BCUT2D eigenvalue weighted by Crippen LogP contribution is 2.24. The van der Waals surface area contributed by atoms with Crippen LogP contribution in [0.25, 0.3) is 0 Å². The topological polar surface area (TPSA) is 38.5 Å². The summed E-state index contributed by atoms with van der Waals surface area (Å²) in [6.07, 6.45) is 2.40. The fourth-order valence-corrected chi connectivity index (χ4v) is 2.32. The number of nitrogens with zero attached hydrogens (tertiary/aromatic N) is 1. The van der Waals surface area contributed by atoms with Crippen molar-refractivity contribution in [2.24, 2.45) is 0 Å². The summed E-state index contributed by atoms with van der Waals surface area (Å²) in [6, 6.07) is 4.69. The Balaban J connectivity index is 2.10. The van der Waals surface area contributed by atoms with E-state index in [2.05, 4.69) is 4.90 Å². The molecule has 94 valence electrons. The molecule has 0 aliphatic carbocycles. The summed E-state index contributed by atoms with van der Waals surface area (Å²) in [4.78, 5) is 2.14. The third-order valence-electron chi connectivity index (χ3n) is 3.05. The molecule has 17 heavy (non-hydrogen) atoms. The van der Waals surface area contributed by atoms with Gasteiger partial charge in [0.05, 0.1) is 6.10 Å². The van der Waals surface area contributed by atoms with Crippen molar-refractivity contribution in [2.45, 2.75) is 25.9 Å². The Hall–Kier alpha value is -1.29. The first-order valence-electron chi connectivity index (χ1n) is 6.11. The zero-order chi connectivity index (χ0) is 12.3. The molecule has 1 heterocycles. The van der Waals surface area contributed by atoms with Crippen LogP contribution in [-0.4, -0.2) is 25.8 Å². The molecule has 1 saturated heterocycles. The summed E-state index contributed by atoms with van der Waals surface area (Å²) in [5, 5.41) is 0. The molecule has 4 heteroatoms. The number of rotatable bonds is 3. The molecule has 1 aromatic rings. The second kappa shape index (κ2) is 5.36. The largest absolute Gasteiger partial charge is 0.399 e. The van der Waals surface area contributed by atoms with Gasteiger partial charge in [-0.1, -0.05) is 0 Å². The molecule has 1 aromatic carbocycles. The quantitative estimate of drug-likeness (QED) is 0.822. The lowest BCUT2D eigenvalue weighted by Crippen LogP contribution is -2.39. The zero-order valence-corrected chi connectivity index (χ0v) is 10.2. The minimum absolute atomic E-state index is 0.248. The molecule has 2 N–H and O–H groups in total. The van der Waals surface area contributed by atoms with Crippen molar-refractivity contribution < 1.29 is 9.13 Å². The SMILES string of the molecule is CCOC1CCCN(c2cc(N)cc(F)c2)C1. The van der Waals surface area contributed by atoms with E-state index in [9.17, 15) is 4.39 Å². The number of piperidine rings is 1. The summed E-state index contributed by atoms with van der Waals surface area (Å²) in [5.41, 5.74) is 6.99. The average molecular weight is 238 g/mol. The van der Waals surface area contributed by atoms with E-state index in [1.807, 2.05) is 13.0 Å². The van der Waals surface area contributed by atoms with E-state index < -0.39 is 0 Å². The van der Waals surface area contributed by atoms with Crippen molar-refractivity contribution in [3.8, 4) is 0 Å². The molecule has 1 atom stereocenters. The molecule has 0 bridgehead atoms. The lowest BCUT2D eigenvalue weighted by molar-refractivity contribution is 0.0526.